The Balaban J connectivity index is 1.16. The molecular formula is C24H29N3O. The molecule has 7 rings (SSSR count). The summed E-state index contributed by atoms with van der Waals surface area (Å²) in [7, 11) is 0. The number of pyridine rings is 1. The highest BCUT2D eigenvalue weighted by molar-refractivity contribution is 5.84. The molecule has 0 unspecified atom stereocenters. The Hall–Kier alpha value is -2.10. The van der Waals surface area contributed by atoms with Gasteiger partial charge in [0.1, 0.15) is 5.82 Å². The van der Waals surface area contributed by atoms with E-state index >= 15 is 0 Å². The normalized spacial score (nSPS) is 34.2. The largest absolute Gasteiger partial charge is 0.353 e. The van der Waals surface area contributed by atoms with E-state index in [9.17, 15) is 4.79 Å². The van der Waals surface area contributed by atoms with E-state index in [0.717, 1.165) is 55.3 Å². The van der Waals surface area contributed by atoms with Crippen molar-refractivity contribution in [2.75, 3.05) is 31.1 Å². The summed E-state index contributed by atoms with van der Waals surface area (Å²) in [6.07, 6.45) is 7.70. The molecule has 0 spiro atoms. The van der Waals surface area contributed by atoms with Gasteiger partial charge in [0.2, 0.25) is 5.91 Å². The van der Waals surface area contributed by atoms with Gasteiger partial charge in [0.05, 0.1) is 10.9 Å². The maximum Gasteiger partial charge on any atom is 0.228 e. The average Bonchev–Trinajstić information content (AvgIpc) is 2.72. The molecule has 1 aliphatic heterocycles. The molecule has 4 saturated carbocycles. The number of benzene rings is 1. The van der Waals surface area contributed by atoms with E-state index in [0.29, 0.717) is 5.91 Å². The molecule has 1 saturated heterocycles. The lowest BCUT2D eigenvalue weighted by Crippen LogP contribution is -2.58. The number of aromatic nitrogens is 1. The van der Waals surface area contributed by atoms with Crippen LogP contribution in [0, 0.1) is 23.2 Å². The van der Waals surface area contributed by atoms with Gasteiger partial charge in [0, 0.05) is 31.6 Å². The standard InChI is InChI=1S/C24H29N3O/c28-23(24-14-17-11-18(15-24)13-19(12-17)16-24)27-9-7-26(8-10-27)22-6-5-20-3-1-2-4-21(20)25-22/h1-6,17-19H,7-16H2. The summed E-state index contributed by atoms with van der Waals surface area (Å²) >= 11 is 0. The number of nitrogens with zero attached hydrogens (tertiary/aromatic N) is 3. The first-order valence-corrected chi connectivity index (χ1v) is 11.1. The molecule has 2 heterocycles. The van der Waals surface area contributed by atoms with E-state index < -0.39 is 0 Å². The van der Waals surface area contributed by atoms with Crippen LogP contribution < -0.4 is 4.90 Å². The minimum atomic E-state index is -0.00187. The van der Waals surface area contributed by atoms with Crippen LogP contribution in [0.2, 0.25) is 0 Å². The van der Waals surface area contributed by atoms with E-state index in [2.05, 4.69) is 40.1 Å². The second kappa shape index (κ2) is 6.20. The third-order valence-electron chi connectivity index (χ3n) is 7.97. The van der Waals surface area contributed by atoms with E-state index in [1.807, 2.05) is 6.07 Å². The highest BCUT2D eigenvalue weighted by atomic mass is 16.2. The molecule has 146 valence electrons. The molecule has 4 nitrogen and oxygen atoms in total. The number of anilines is 1. The van der Waals surface area contributed by atoms with Crippen molar-refractivity contribution in [2.24, 2.45) is 23.2 Å². The summed E-state index contributed by atoms with van der Waals surface area (Å²) in [5, 5.41) is 1.18. The maximum absolute atomic E-state index is 13.6. The molecule has 28 heavy (non-hydrogen) atoms. The molecule has 1 aromatic heterocycles. The van der Waals surface area contributed by atoms with Gasteiger partial charge in [-0.2, -0.15) is 0 Å². The van der Waals surface area contributed by atoms with Crippen molar-refractivity contribution in [3.05, 3.63) is 36.4 Å². The smallest absolute Gasteiger partial charge is 0.228 e. The lowest BCUT2D eigenvalue weighted by Gasteiger charge is -2.57. The van der Waals surface area contributed by atoms with Gasteiger partial charge in [-0.05, 0) is 74.5 Å². The fraction of sp³-hybridized carbons (Fsp3) is 0.583. The van der Waals surface area contributed by atoms with Crippen molar-refractivity contribution in [2.45, 2.75) is 38.5 Å². The number of hydrogen-bond acceptors (Lipinski definition) is 3. The van der Waals surface area contributed by atoms with Crippen molar-refractivity contribution >= 4 is 22.6 Å². The molecular weight excluding hydrogens is 346 g/mol. The number of carbonyl (C=O) groups excluding carboxylic acids is 1. The van der Waals surface area contributed by atoms with Crippen LogP contribution in [0.15, 0.2) is 36.4 Å². The molecule has 1 amide bonds. The fourth-order valence-corrected chi connectivity index (χ4v) is 7.08. The minimum Gasteiger partial charge on any atom is -0.353 e. The van der Waals surface area contributed by atoms with Crippen LogP contribution in [0.1, 0.15) is 38.5 Å². The molecule has 0 radical (unpaired) electrons. The van der Waals surface area contributed by atoms with Crippen LogP contribution in [-0.4, -0.2) is 42.0 Å². The monoisotopic (exact) mass is 375 g/mol. The van der Waals surface area contributed by atoms with Crippen molar-refractivity contribution in [1.29, 1.82) is 0 Å². The summed E-state index contributed by atoms with van der Waals surface area (Å²) in [4.78, 5) is 22.9. The van der Waals surface area contributed by atoms with Crippen LogP contribution in [-0.2, 0) is 4.79 Å². The SMILES string of the molecule is O=C(N1CCN(c2ccc3ccccc3n2)CC1)C12CC3CC(CC(C3)C1)C2. The zero-order valence-electron chi connectivity index (χ0n) is 16.5. The third-order valence-corrected chi connectivity index (χ3v) is 7.97. The van der Waals surface area contributed by atoms with Gasteiger partial charge < -0.3 is 9.80 Å². The van der Waals surface area contributed by atoms with Gasteiger partial charge in [0.15, 0.2) is 0 Å². The zero-order valence-corrected chi connectivity index (χ0v) is 16.5. The van der Waals surface area contributed by atoms with Gasteiger partial charge in [-0.25, -0.2) is 4.98 Å². The van der Waals surface area contributed by atoms with Crippen LogP contribution in [0.4, 0.5) is 5.82 Å². The first kappa shape index (κ1) is 16.8. The number of fused-ring (bicyclic) bond motifs is 1. The highest BCUT2D eigenvalue weighted by Crippen LogP contribution is 2.60. The second-order valence-corrected chi connectivity index (χ2v) is 9.84. The Bertz CT molecular complexity index is 880. The van der Waals surface area contributed by atoms with Gasteiger partial charge in [-0.1, -0.05) is 18.2 Å². The topological polar surface area (TPSA) is 36.4 Å². The summed E-state index contributed by atoms with van der Waals surface area (Å²) in [6.45, 7) is 3.47. The van der Waals surface area contributed by atoms with Gasteiger partial charge >= 0.3 is 0 Å². The Labute approximate surface area is 166 Å². The fourth-order valence-electron chi connectivity index (χ4n) is 7.08. The van der Waals surface area contributed by atoms with Crippen molar-refractivity contribution in [3.8, 4) is 0 Å². The predicted molar refractivity (Wildman–Crippen MR) is 111 cm³/mol. The van der Waals surface area contributed by atoms with Gasteiger partial charge in [-0.3, -0.25) is 4.79 Å². The third kappa shape index (κ3) is 2.64. The van der Waals surface area contributed by atoms with Gasteiger partial charge in [-0.15, -0.1) is 0 Å². The molecule has 0 atom stereocenters. The molecule has 5 fully saturated rings. The number of piperazine rings is 1. The van der Waals surface area contributed by atoms with E-state index in [4.69, 9.17) is 4.98 Å². The maximum atomic E-state index is 13.6. The first-order chi connectivity index (χ1) is 13.7. The first-order valence-electron chi connectivity index (χ1n) is 11.1. The van der Waals surface area contributed by atoms with E-state index in [1.54, 1.807) is 0 Å². The molecule has 5 aliphatic rings. The Morgan fingerprint density at radius 2 is 1.50 bits per heavy atom. The molecule has 0 N–H and O–H groups in total. The Morgan fingerprint density at radius 1 is 0.857 bits per heavy atom. The van der Waals surface area contributed by atoms with Crippen LogP contribution in [0.25, 0.3) is 10.9 Å². The number of hydrogen-bond donors (Lipinski definition) is 0. The number of carbonyl (C=O) groups is 1. The summed E-state index contributed by atoms with van der Waals surface area (Å²) in [5.74, 6) is 4.02. The summed E-state index contributed by atoms with van der Waals surface area (Å²) in [6, 6.07) is 12.6. The molecule has 4 bridgehead atoms. The van der Waals surface area contributed by atoms with Crippen molar-refractivity contribution in [3.63, 3.8) is 0 Å². The van der Waals surface area contributed by atoms with Crippen molar-refractivity contribution < 1.29 is 4.79 Å². The quantitative estimate of drug-likeness (QED) is 0.793. The lowest BCUT2D eigenvalue weighted by atomic mass is 9.49. The second-order valence-electron chi connectivity index (χ2n) is 9.84. The van der Waals surface area contributed by atoms with Gasteiger partial charge in [0.25, 0.3) is 0 Å². The Kier molecular flexibility index (Phi) is 3.72. The minimum absolute atomic E-state index is 0.00187. The lowest BCUT2D eigenvalue weighted by molar-refractivity contribution is -0.158. The zero-order chi connectivity index (χ0) is 18.7. The molecule has 2 aromatic rings. The number of amides is 1. The Morgan fingerprint density at radius 3 is 2.18 bits per heavy atom. The van der Waals surface area contributed by atoms with Crippen molar-refractivity contribution in [1.82, 2.24) is 9.88 Å². The molecule has 4 aliphatic carbocycles. The predicted octanol–water partition coefficient (Wildman–Crippen LogP) is 4.10. The summed E-state index contributed by atoms with van der Waals surface area (Å²) in [5.41, 5.74) is 1.05. The molecule has 4 heteroatoms. The molecule has 1 aromatic carbocycles. The van der Waals surface area contributed by atoms with Crippen LogP contribution in [0.3, 0.4) is 0 Å². The van der Waals surface area contributed by atoms with E-state index in [-0.39, 0.29) is 5.41 Å². The van der Waals surface area contributed by atoms with Crippen LogP contribution in [0.5, 0.6) is 0 Å². The van der Waals surface area contributed by atoms with E-state index in [1.165, 1.54) is 43.9 Å². The summed E-state index contributed by atoms with van der Waals surface area (Å²) < 4.78 is 0. The average molecular weight is 376 g/mol. The van der Waals surface area contributed by atoms with Crippen LogP contribution >= 0.6 is 0 Å². The number of rotatable bonds is 2. The number of para-hydroxylation sites is 1. The highest BCUT2D eigenvalue weighted by Gasteiger charge is 2.55.